The molecule has 1 aromatic carbocycles. The number of amides is 1. The molecule has 4 rings (SSSR count). The second kappa shape index (κ2) is 7.31. The predicted molar refractivity (Wildman–Crippen MR) is 110 cm³/mol. The first-order valence-electron chi connectivity index (χ1n) is 9.45. The Morgan fingerprint density at radius 1 is 1.30 bits per heavy atom. The number of hydrogen-bond acceptors (Lipinski definition) is 5. The molecule has 3 aromatic rings. The van der Waals surface area contributed by atoms with Gasteiger partial charge in [0.05, 0.1) is 22.0 Å². The fourth-order valence-corrected chi connectivity index (χ4v) is 4.63. The molecule has 1 amide bonds. The maximum atomic E-state index is 12.3. The van der Waals surface area contributed by atoms with Crippen LogP contribution in [0.25, 0.3) is 10.2 Å². The molecule has 1 fully saturated rings. The van der Waals surface area contributed by atoms with Crippen LogP contribution in [-0.4, -0.2) is 39.8 Å². The third-order valence-corrected chi connectivity index (χ3v) is 6.21. The maximum Gasteiger partial charge on any atom is 0.254 e. The van der Waals surface area contributed by atoms with E-state index in [0.29, 0.717) is 11.5 Å². The Morgan fingerprint density at radius 2 is 2.07 bits per heavy atom. The van der Waals surface area contributed by atoms with Crippen LogP contribution >= 0.6 is 11.3 Å². The van der Waals surface area contributed by atoms with Crippen LogP contribution in [0.2, 0.25) is 0 Å². The predicted octanol–water partition coefficient (Wildman–Crippen LogP) is 3.55. The number of hydrogen-bond donors (Lipinski definition) is 1. The molecule has 6 nitrogen and oxygen atoms in total. The van der Waals surface area contributed by atoms with Crippen molar-refractivity contribution in [2.45, 2.75) is 38.6 Å². The van der Waals surface area contributed by atoms with Crippen molar-refractivity contribution in [3.05, 3.63) is 41.7 Å². The molecule has 1 N–H and O–H groups in total. The molecular formula is C20H25N5OS. The van der Waals surface area contributed by atoms with E-state index in [0.717, 1.165) is 36.6 Å². The van der Waals surface area contributed by atoms with E-state index in [9.17, 15) is 4.79 Å². The van der Waals surface area contributed by atoms with Crippen molar-refractivity contribution in [2.75, 3.05) is 18.0 Å². The molecule has 1 aliphatic rings. The number of carbonyl (C=O) groups is 1. The lowest BCUT2D eigenvalue weighted by atomic mass is 10.0. The molecule has 0 aliphatic carbocycles. The summed E-state index contributed by atoms with van der Waals surface area (Å²) in [5, 5.41) is 8.29. The van der Waals surface area contributed by atoms with E-state index in [4.69, 9.17) is 4.98 Å². The van der Waals surface area contributed by atoms with E-state index < -0.39 is 0 Å². The van der Waals surface area contributed by atoms with E-state index in [1.807, 2.05) is 7.05 Å². The number of rotatable bonds is 4. The molecular weight excluding hydrogens is 358 g/mol. The zero-order valence-corrected chi connectivity index (χ0v) is 16.8. The molecule has 0 spiro atoms. The number of para-hydroxylation sites is 1. The number of carbonyl (C=O) groups excluding carboxylic acids is 1. The number of anilines is 1. The highest BCUT2D eigenvalue weighted by Gasteiger charge is 2.24. The molecule has 2 aromatic heterocycles. The summed E-state index contributed by atoms with van der Waals surface area (Å²) >= 11 is 1.77. The van der Waals surface area contributed by atoms with E-state index in [1.165, 1.54) is 10.3 Å². The van der Waals surface area contributed by atoms with Gasteiger partial charge in [0.25, 0.3) is 5.91 Å². The average Bonchev–Trinajstić information content (AvgIpc) is 3.28. The van der Waals surface area contributed by atoms with Crippen LogP contribution in [0.5, 0.6) is 0 Å². The van der Waals surface area contributed by atoms with Crippen molar-refractivity contribution in [3.8, 4) is 0 Å². The van der Waals surface area contributed by atoms with Gasteiger partial charge in [-0.2, -0.15) is 5.10 Å². The van der Waals surface area contributed by atoms with Crippen molar-refractivity contribution in [3.63, 3.8) is 0 Å². The third-order valence-electron chi connectivity index (χ3n) is 5.13. The van der Waals surface area contributed by atoms with Gasteiger partial charge in [-0.3, -0.25) is 9.48 Å². The minimum Gasteiger partial charge on any atom is -0.349 e. The van der Waals surface area contributed by atoms with Gasteiger partial charge >= 0.3 is 0 Å². The monoisotopic (exact) mass is 383 g/mol. The van der Waals surface area contributed by atoms with Gasteiger partial charge < -0.3 is 10.2 Å². The summed E-state index contributed by atoms with van der Waals surface area (Å²) in [6.45, 7) is 6.25. The molecule has 3 heterocycles. The number of aromatic nitrogens is 3. The highest BCUT2D eigenvalue weighted by molar-refractivity contribution is 7.22. The lowest BCUT2D eigenvalue weighted by Gasteiger charge is -2.32. The Balaban J connectivity index is 1.41. The van der Waals surface area contributed by atoms with Gasteiger partial charge in [-0.15, -0.1) is 0 Å². The van der Waals surface area contributed by atoms with Crippen LogP contribution in [-0.2, 0) is 7.05 Å². The Morgan fingerprint density at radius 3 is 2.74 bits per heavy atom. The minimum absolute atomic E-state index is 0.0388. The molecule has 0 radical (unpaired) electrons. The van der Waals surface area contributed by atoms with Gasteiger partial charge in [0.1, 0.15) is 0 Å². The van der Waals surface area contributed by atoms with Crippen molar-refractivity contribution in [2.24, 2.45) is 7.05 Å². The molecule has 0 bridgehead atoms. The lowest BCUT2D eigenvalue weighted by Crippen LogP contribution is -2.44. The Labute approximate surface area is 163 Å². The maximum absolute atomic E-state index is 12.3. The number of thiazole rings is 1. The Kier molecular flexibility index (Phi) is 4.86. The van der Waals surface area contributed by atoms with Crippen molar-refractivity contribution in [1.29, 1.82) is 0 Å². The summed E-state index contributed by atoms with van der Waals surface area (Å²) in [7, 11) is 1.82. The minimum atomic E-state index is -0.0388. The molecule has 27 heavy (non-hydrogen) atoms. The van der Waals surface area contributed by atoms with Gasteiger partial charge in [0.15, 0.2) is 5.13 Å². The number of nitrogens with one attached hydrogen (secondary N) is 1. The molecule has 0 saturated carbocycles. The van der Waals surface area contributed by atoms with Gasteiger partial charge in [-0.25, -0.2) is 4.98 Å². The first-order chi connectivity index (χ1) is 13.0. The zero-order chi connectivity index (χ0) is 19.0. The zero-order valence-electron chi connectivity index (χ0n) is 16.0. The van der Waals surface area contributed by atoms with E-state index in [-0.39, 0.29) is 11.9 Å². The van der Waals surface area contributed by atoms with E-state index in [1.54, 1.807) is 28.4 Å². The van der Waals surface area contributed by atoms with Gasteiger partial charge in [0, 0.05) is 32.4 Å². The first-order valence-corrected chi connectivity index (χ1v) is 10.3. The molecule has 142 valence electrons. The smallest absolute Gasteiger partial charge is 0.254 e. The van der Waals surface area contributed by atoms with Crippen LogP contribution in [0.1, 0.15) is 48.5 Å². The molecule has 0 atom stereocenters. The van der Waals surface area contributed by atoms with Crippen molar-refractivity contribution < 1.29 is 4.79 Å². The van der Waals surface area contributed by atoms with Gasteiger partial charge in [-0.05, 0) is 30.4 Å². The molecule has 1 saturated heterocycles. The van der Waals surface area contributed by atoms with Crippen LogP contribution in [0.3, 0.4) is 0 Å². The number of piperidine rings is 1. The summed E-state index contributed by atoms with van der Waals surface area (Å²) in [6.07, 6.45) is 5.22. The second-order valence-electron chi connectivity index (χ2n) is 7.48. The summed E-state index contributed by atoms with van der Waals surface area (Å²) in [5.74, 6) is 0.431. The van der Waals surface area contributed by atoms with E-state index >= 15 is 0 Å². The van der Waals surface area contributed by atoms with E-state index in [2.05, 4.69) is 47.4 Å². The summed E-state index contributed by atoms with van der Waals surface area (Å²) in [5.41, 5.74) is 3.07. The summed E-state index contributed by atoms with van der Waals surface area (Å²) in [6, 6.07) is 6.66. The van der Waals surface area contributed by atoms with Crippen molar-refractivity contribution >= 4 is 32.6 Å². The van der Waals surface area contributed by atoms with Crippen LogP contribution in [0, 0.1) is 0 Å². The first kappa shape index (κ1) is 18.0. The third kappa shape index (κ3) is 3.69. The second-order valence-corrected chi connectivity index (χ2v) is 8.49. The van der Waals surface area contributed by atoms with Gasteiger partial charge in [-0.1, -0.05) is 37.3 Å². The van der Waals surface area contributed by atoms with Crippen LogP contribution in [0.15, 0.2) is 30.6 Å². The summed E-state index contributed by atoms with van der Waals surface area (Å²) < 4.78 is 2.90. The fourth-order valence-electron chi connectivity index (χ4n) is 3.58. The molecule has 7 heteroatoms. The fraction of sp³-hybridized carbons (Fsp3) is 0.450. The number of nitrogens with zero attached hydrogens (tertiary/aromatic N) is 4. The average molecular weight is 384 g/mol. The normalized spacial score (nSPS) is 15.6. The topological polar surface area (TPSA) is 63.1 Å². The largest absolute Gasteiger partial charge is 0.349 e. The van der Waals surface area contributed by atoms with Crippen LogP contribution < -0.4 is 10.2 Å². The Bertz CT molecular complexity index is 952. The SMILES string of the molecule is CC(C)c1cccc2sc(N3CCC(NC(=O)c4cnn(C)c4)CC3)nc12. The van der Waals surface area contributed by atoms with Gasteiger partial charge in [0.2, 0.25) is 0 Å². The highest BCUT2D eigenvalue weighted by Crippen LogP contribution is 2.34. The summed E-state index contributed by atoms with van der Waals surface area (Å²) in [4.78, 5) is 19.6. The highest BCUT2D eigenvalue weighted by atomic mass is 32.1. The van der Waals surface area contributed by atoms with Crippen LogP contribution in [0.4, 0.5) is 5.13 Å². The van der Waals surface area contributed by atoms with Crippen molar-refractivity contribution in [1.82, 2.24) is 20.1 Å². The number of fused-ring (bicyclic) bond motifs is 1. The standard InChI is InChI=1S/C20H25N5OS/c1-13(2)16-5-4-6-17-18(16)23-20(27-17)25-9-7-15(8-10-25)22-19(26)14-11-21-24(3)12-14/h4-6,11-13,15H,7-10H2,1-3H3,(H,22,26). The quantitative estimate of drug-likeness (QED) is 0.748. The molecule has 0 unspecified atom stereocenters. The lowest BCUT2D eigenvalue weighted by molar-refractivity contribution is 0.0931. The Hall–Kier alpha value is -2.41. The molecule has 1 aliphatic heterocycles. The number of aryl methyl sites for hydroxylation is 1. The number of benzene rings is 1.